The molecule has 3 nitrogen and oxygen atoms in total. The van der Waals surface area contributed by atoms with E-state index in [1.165, 1.54) is 96.3 Å². The summed E-state index contributed by atoms with van der Waals surface area (Å²) in [4.78, 5) is 10.3. The maximum absolute atomic E-state index is 10.3. The Kier molecular flexibility index (Phi) is 27.4. The molecule has 0 aliphatic rings. The first-order chi connectivity index (χ1) is 12.2. The second kappa shape index (κ2) is 25.7. The molecular weight excluding hydrogens is 310 g/mol. The van der Waals surface area contributed by atoms with E-state index < -0.39 is 5.97 Å². The molecule has 0 aromatic carbocycles. The fraction of sp³-hybridized carbons (Fsp3) is 0.955. The minimum absolute atomic E-state index is 0.344. The molecule has 152 valence electrons. The third-order valence-corrected chi connectivity index (χ3v) is 4.55. The van der Waals surface area contributed by atoms with Crippen molar-refractivity contribution in [2.75, 3.05) is 6.54 Å². The maximum atomic E-state index is 10.3. The molecule has 0 fully saturated rings. The molecule has 3 heteroatoms. The largest absolute Gasteiger partial charge is 0.481 e. The average Bonchev–Trinajstić information content (AvgIpc) is 2.60. The molecule has 0 spiro atoms. The van der Waals surface area contributed by atoms with Crippen LogP contribution >= 0.6 is 0 Å². The molecule has 25 heavy (non-hydrogen) atoms. The van der Waals surface area contributed by atoms with Crippen LogP contribution in [0.1, 0.15) is 129 Å². The summed E-state index contributed by atoms with van der Waals surface area (Å²) in [5, 5.41) is 8.46. The van der Waals surface area contributed by atoms with Crippen molar-refractivity contribution < 1.29 is 9.90 Å². The van der Waals surface area contributed by atoms with Crippen molar-refractivity contribution in [1.29, 1.82) is 0 Å². The van der Waals surface area contributed by atoms with E-state index in [0.717, 1.165) is 19.4 Å². The Morgan fingerprint density at radius 3 is 1.24 bits per heavy atom. The first kappa shape index (κ1) is 26.7. The lowest BCUT2D eigenvalue weighted by Crippen LogP contribution is -1.97. The molecule has 0 radical (unpaired) electrons. The highest BCUT2D eigenvalue weighted by atomic mass is 16.4. The smallest absolute Gasteiger partial charge is 0.303 e. The van der Waals surface area contributed by atoms with Gasteiger partial charge in [-0.25, -0.2) is 0 Å². The summed E-state index contributed by atoms with van der Waals surface area (Å²) >= 11 is 0. The van der Waals surface area contributed by atoms with Gasteiger partial charge in [0.1, 0.15) is 0 Å². The summed E-state index contributed by atoms with van der Waals surface area (Å²) in [5.74, 6) is -0.657. The van der Waals surface area contributed by atoms with Gasteiger partial charge in [0.25, 0.3) is 0 Å². The zero-order valence-electron chi connectivity index (χ0n) is 17.4. The number of hydrogen-bond acceptors (Lipinski definition) is 2. The van der Waals surface area contributed by atoms with Crippen molar-refractivity contribution in [3.8, 4) is 0 Å². The van der Waals surface area contributed by atoms with E-state index in [2.05, 4.69) is 13.8 Å². The highest BCUT2D eigenvalue weighted by Crippen LogP contribution is 2.11. The summed E-state index contributed by atoms with van der Waals surface area (Å²) in [7, 11) is 0. The highest BCUT2D eigenvalue weighted by molar-refractivity contribution is 5.66. The molecule has 0 amide bonds. The third-order valence-electron chi connectivity index (χ3n) is 4.55. The Morgan fingerprint density at radius 2 is 0.920 bits per heavy atom. The summed E-state index contributed by atoms with van der Waals surface area (Å²) in [6, 6.07) is 0. The van der Waals surface area contributed by atoms with Crippen LogP contribution in [0.3, 0.4) is 0 Å². The van der Waals surface area contributed by atoms with Gasteiger partial charge in [-0.15, -0.1) is 0 Å². The van der Waals surface area contributed by atoms with E-state index in [1.54, 1.807) is 0 Å². The number of aliphatic carboxylic acids is 1. The van der Waals surface area contributed by atoms with Gasteiger partial charge in [-0.1, -0.05) is 110 Å². The molecule has 0 aliphatic carbocycles. The second-order valence-electron chi connectivity index (χ2n) is 7.24. The van der Waals surface area contributed by atoms with Gasteiger partial charge < -0.3 is 10.8 Å². The molecule has 0 atom stereocenters. The molecule has 0 heterocycles. The number of carboxylic acids is 1. The monoisotopic (exact) mass is 357 g/mol. The topological polar surface area (TPSA) is 63.3 Å². The van der Waals surface area contributed by atoms with Crippen LogP contribution < -0.4 is 5.73 Å². The normalized spacial score (nSPS) is 10.4. The van der Waals surface area contributed by atoms with E-state index in [-0.39, 0.29) is 0 Å². The number of hydrogen-bond donors (Lipinski definition) is 2. The van der Waals surface area contributed by atoms with E-state index >= 15 is 0 Å². The first-order valence-corrected chi connectivity index (χ1v) is 11.1. The quantitative estimate of drug-likeness (QED) is 0.258. The Morgan fingerprint density at radius 1 is 0.600 bits per heavy atom. The van der Waals surface area contributed by atoms with E-state index in [9.17, 15) is 4.79 Å². The van der Waals surface area contributed by atoms with Gasteiger partial charge in [0, 0.05) is 6.42 Å². The number of rotatable bonds is 18. The molecule has 0 saturated heterocycles. The Balaban J connectivity index is 0. The van der Waals surface area contributed by atoms with Crippen LogP contribution in [0.2, 0.25) is 0 Å². The molecule has 0 aliphatic heterocycles. The van der Waals surface area contributed by atoms with Gasteiger partial charge in [-0.3, -0.25) is 4.79 Å². The fourth-order valence-corrected chi connectivity index (χ4v) is 2.87. The highest BCUT2D eigenvalue weighted by Gasteiger charge is 1.96. The van der Waals surface area contributed by atoms with Crippen molar-refractivity contribution >= 4 is 5.97 Å². The second-order valence-corrected chi connectivity index (χ2v) is 7.24. The fourth-order valence-electron chi connectivity index (χ4n) is 2.87. The van der Waals surface area contributed by atoms with E-state index in [4.69, 9.17) is 10.8 Å². The van der Waals surface area contributed by atoms with Gasteiger partial charge in [-0.2, -0.15) is 0 Å². The SMILES string of the molecule is CCCCCCCCCCCCCC(=O)O.CCCCCCCCN. The van der Waals surface area contributed by atoms with Gasteiger partial charge in [0.05, 0.1) is 0 Å². The molecule has 0 saturated carbocycles. The van der Waals surface area contributed by atoms with Crippen molar-refractivity contribution in [2.24, 2.45) is 5.73 Å². The summed E-state index contributed by atoms with van der Waals surface area (Å²) < 4.78 is 0. The molecule has 0 aromatic heterocycles. The van der Waals surface area contributed by atoms with Gasteiger partial charge in [0.15, 0.2) is 0 Å². The van der Waals surface area contributed by atoms with Crippen molar-refractivity contribution in [3.05, 3.63) is 0 Å². The predicted octanol–water partition coefficient (Wildman–Crippen LogP) is 7.08. The third kappa shape index (κ3) is 31.7. The lowest BCUT2D eigenvalue weighted by Gasteiger charge is -2.01. The number of unbranched alkanes of at least 4 members (excludes halogenated alkanes) is 15. The minimum atomic E-state index is -0.657. The molecule has 3 N–H and O–H groups in total. The number of carboxylic acid groups (broad SMARTS) is 1. The van der Waals surface area contributed by atoms with Gasteiger partial charge >= 0.3 is 5.97 Å². The number of carbonyl (C=O) groups is 1. The molecular formula is C22H47NO2. The van der Waals surface area contributed by atoms with Gasteiger partial charge in [-0.05, 0) is 19.4 Å². The maximum Gasteiger partial charge on any atom is 0.303 e. The van der Waals surface area contributed by atoms with Crippen molar-refractivity contribution in [2.45, 2.75) is 129 Å². The first-order valence-electron chi connectivity index (χ1n) is 11.1. The lowest BCUT2D eigenvalue weighted by molar-refractivity contribution is -0.137. The minimum Gasteiger partial charge on any atom is -0.481 e. The van der Waals surface area contributed by atoms with Crippen LogP contribution in [-0.2, 0) is 4.79 Å². The zero-order valence-corrected chi connectivity index (χ0v) is 17.4. The molecule has 0 bridgehead atoms. The Labute approximate surface area is 158 Å². The lowest BCUT2D eigenvalue weighted by atomic mass is 10.1. The van der Waals surface area contributed by atoms with Crippen LogP contribution in [0.15, 0.2) is 0 Å². The van der Waals surface area contributed by atoms with Crippen LogP contribution in [-0.4, -0.2) is 17.6 Å². The van der Waals surface area contributed by atoms with Crippen LogP contribution in [0.4, 0.5) is 0 Å². The Hall–Kier alpha value is -0.570. The van der Waals surface area contributed by atoms with E-state index in [0.29, 0.717) is 6.42 Å². The van der Waals surface area contributed by atoms with Gasteiger partial charge in [0.2, 0.25) is 0 Å². The Bertz CT molecular complexity index is 238. The summed E-state index contributed by atoms with van der Waals surface area (Å²) in [5.41, 5.74) is 5.34. The number of nitrogens with two attached hydrogens (primary N) is 1. The van der Waals surface area contributed by atoms with Crippen LogP contribution in [0.25, 0.3) is 0 Å². The molecule has 0 aromatic rings. The van der Waals surface area contributed by atoms with Crippen molar-refractivity contribution in [3.63, 3.8) is 0 Å². The molecule has 0 rings (SSSR count). The van der Waals surface area contributed by atoms with Crippen molar-refractivity contribution in [1.82, 2.24) is 0 Å². The summed E-state index contributed by atoms with van der Waals surface area (Å²) in [6.07, 6.45) is 22.4. The zero-order chi connectivity index (χ0) is 19.0. The summed E-state index contributed by atoms with van der Waals surface area (Å²) in [6.45, 7) is 5.35. The average molecular weight is 358 g/mol. The van der Waals surface area contributed by atoms with E-state index in [1.807, 2.05) is 0 Å². The van der Waals surface area contributed by atoms with Crippen LogP contribution in [0, 0.1) is 0 Å². The standard InChI is InChI=1S/C14H28O2.C8H19N/c1-2-3-4-5-6-7-8-9-10-11-12-13-14(15)16;1-2-3-4-5-6-7-8-9/h2-13H2,1H3,(H,15,16);2-9H2,1H3. The molecule has 0 unspecified atom stereocenters. The predicted molar refractivity (Wildman–Crippen MR) is 111 cm³/mol. The van der Waals surface area contributed by atoms with Crippen LogP contribution in [0.5, 0.6) is 0 Å².